The standard InChI is InChI=1S/C22H26N4O3/c1-15(6-9-20(28)23-14-27)26-19-5-3-4-16-18(25-12-10-24(2)11-13-25)8-7-17(21(16)19)22(26)29/h3-5,7-8,14-15H,6,9-13H2,1-2H3,(H,23,27,28). The lowest BCUT2D eigenvalue weighted by molar-refractivity contribution is -0.125. The lowest BCUT2D eigenvalue weighted by Crippen LogP contribution is -2.44. The molecule has 0 radical (unpaired) electrons. The molecule has 4 rings (SSSR count). The van der Waals surface area contributed by atoms with Gasteiger partial charge in [-0.3, -0.25) is 19.7 Å². The molecule has 0 aliphatic carbocycles. The van der Waals surface area contributed by atoms with E-state index in [1.807, 2.05) is 25.1 Å². The van der Waals surface area contributed by atoms with E-state index in [0.717, 1.165) is 48.2 Å². The number of amides is 3. The van der Waals surface area contributed by atoms with Crippen molar-refractivity contribution in [1.29, 1.82) is 0 Å². The molecule has 0 spiro atoms. The van der Waals surface area contributed by atoms with Gasteiger partial charge in [-0.05, 0) is 38.6 Å². The van der Waals surface area contributed by atoms with Crippen molar-refractivity contribution in [2.45, 2.75) is 25.8 Å². The summed E-state index contributed by atoms with van der Waals surface area (Å²) in [6, 6.07) is 9.93. The van der Waals surface area contributed by atoms with Crippen LogP contribution in [0, 0.1) is 0 Å². The number of carbonyl (C=O) groups is 3. The third-order valence-corrected chi connectivity index (χ3v) is 6.00. The highest BCUT2D eigenvalue weighted by molar-refractivity contribution is 6.27. The first kappa shape index (κ1) is 19.4. The number of anilines is 2. The molecular formula is C22H26N4O3. The van der Waals surface area contributed by atoms with E-state index in [2.05, 4.69) is 34.3 Å². The quantitative estimate of drug-likeness (QED) is 0.759. The third kappa shape index (κ3) is 3.46. The number of nitrogens with zero attached hydrogens (tertiary/aromatic N) is 3. The maximum Gasteiger partial charge on any atom is 0.259 e. The van der Waals surface area contributed by atoms with E-state index in [1.165, 1.54) is 5.69 Å². The van der Waals surface area contributed by atoms with E-state index >= 15 is 0 Å². The number of carbonyl (C=O) groups excluding carboxylic acids is 3. The molecule has 1 atom stereocenters. The second-order valence-electron chi connectivity index (χ2n) is 7.87. The number of piperazine rings is 1. The number of hydrogen-bond donors (Lipinski definition) is 1. The molecule has 3 amide bonds. The molecule has 2 aliphatic rings. The minimum Gasteiger partial charge on any atom is -0.368 e. The molecule has 0 saturated carbocycles. The molecule has 1 N–H and O–H groups in total. The molecule has 7 nitrogen and oxygen atoms in total. The number of imide groups is 1. The van der Waals surface area contributed by atoms with Crippen molar-refractivity contribution in [3.63, 3.8) is 0 Å². The van der Waals surface area contributed by atoms with Crippen LogP contribution in [0.1, 0.15) is 30.1 Å². The normalized spacial score (nSPS) is 17.7. The molecule has 2 aromatic carbocycles. The summed E-state index contributed by atoms with van der Waals surface area (Å²) >= 11 is 0. The summed E-state index contributed by atoms with van der Waals surface area (Å²) in [7, 11) is 2.14. The van der Waals surface area contributed by atoms with E-state index in [-0.39, 0.29) is 24.3 Å². The van der Waals surface area contributed by atoms with Gasteiger partial charge in [0.1, 0.15) is 0 Å². The van der Waals surface area contributed by atoms with Crippen LogP contribution in [0.15, 0.2) is 30.3 Å². The van der Waals surface area contributed by atoms with Crippen molar-refractivity contribution in [3.05, 3.63) is 35.9 Å². The zero-order valence-electron chi connectivity index (χ0n) is 16.9. The van der Waals surface area contributed by atoms with Crippen LogP contribution in [0.2, 0.25) is 0 Å². The average Bonchev–Trinajstić information content (AvgIpc) is 3.01. The fourth-order valence-corrected chi connectivity index (χ4v) is 4.36. The topological polar surface area (TPSA) is 73.0 Å². The van der Waals surface area contributed by atoms with Gasteiger partial charge in [-0.15, -0.1) is 0 Å². The van der Waals surface area contributed by atoms with E-state index in [9.17, 15) is 14.4 Å². The first-order valence-electron chi connectivity index (χ1n) is 10.1. The van der Waals surface area contributed by atoms with Crippen LogP contribution in [0.4, 0.5) is 11.4 Å². The zero-order chi connectivity index (χ0) is 20.5. The molecule has 0 aromatic heterocycles. The van der Waals surface area contributed by atoms with E-state index in [1.54, 1.807) is 4.90 Å². The molecule has 2 aliphatic heterocycles. The molecule has 29 heavy (non-hydrogen) atoms. The predicted molar refractivity (Wildman–Crippen MR) is 113 cm³/mol. The van der Waals surface area contributed by atoms with E-state index in [4.69, 9.17) is 0 Å². The number of rotatable bonds is 6. The van der Waals surface area contributed by atoms with E-state index < -0.39 is 0 Å². The van der Waals surface area contributed by atoms with Crippen molar-refractivity contribution in [1.82, 2.24) is 10.2 Å². The summed E-state index contributed by atoms with van der Waals surface area (Å²) in [6.07, 6.45) is 1.08. The molecule has 0 bridgehead atoms. The summed E-state index contributed by atoms with van der Waals surface area (Å²) in [4.78, 5) is 41.7. The van der Waals surface area contributed by atoms with Crippen LogP contribution >= 0.6 is 0 Å². The second kappa shape index (κ2) is 7.83. The van der Waals surface area contributed by atoms with Crippen molar-refractivity contribution in [3.8, 4) is 0 Å². The van der Waals surface area contributed by atoms with Crippen LogP contribution in [-0.4, -0.2) is 62.4 Å². The molecule has 1 unspecified atom stereocenters. The van der Waals surface area contributed by atoms with Crippen LogP contribution in [0.25, 0.3) is 10.8 Å². The van der Waals surface area contributed by atoms with Crippen molar-refractivity contribution in [2.75, 3.05) is 43.0 Å². The molecular weight excluding hydrogens is 368 g/mol. The molecule has 7 heteroatoms. The molecule has 1 saturated heterocycles. The number of hydrogen-bond acceptors (Lipinski definition) is 5. The average molecular weight is 394 g/mol. The second-order valence-corrected chi connectivity index (χ2v) is 7.87. The molecule has 1 fully saturated rings. The van der Waals surface area contributed by atoms with Crippen LogP contribution < -0.4 is 15.1 Å². The van der Waals surface area contributed by atoms with Crippen LogP contribution in [0.3, 0.4) is 0 Å². The summed E-state index contributed by atoms with van der Waals surface area (Å²) in [6.45, 7) is 5.92. The van der Waals surface area contributed by atoms with E-state index in [0.29, 0.717) is 12.8 Å². The minimum absolute atomic E-state index is 0.0237. The van der Waals surface area contributed by atoms with Gasteiger partial charge in [0.15, 0.2) is 0 Å². The summed E-state index contributed by atoms with van der Waals surface area (Å²) in [5, 5.41) is 4.26. The largest absolute Gasteiger partial charge is 0.368 e. The Balaban J connectivity index is 1.65. The highest BCUT2D eigenvalue weighted by Gasteiger charge is 2.34. The lowest BCUT2D eigenvalue weighted by atomic mass is 10.0. The first-order chi connectivity index (χ1) is 14.0. The van der Waals surface area contributed by atoms with Crippen molar-refractivity contribution < 1.29 is 14.4 Å². The van der Waals surface area contributed by atoms with Gasteiger partial charge in [-0.1, -0.05) is 12.1 Å². The van der Waals surface area contributed by atoms with Gasteiger partial charge in [0.05, 0.1) is 5.69 Å². The summed E-state index contributed by atoms with van der Waals surface area (Å²) in [5.41, 5.74) is 2.80. The Morgan fingerprint density at radius 3 is 2.62 bits per heavy atom. The molecule has 2 heterocycles. The van der Waals surface area contributed by atoms with Crippen molar-refractivity contribution >= 4 is 40.4 Å². The Labute approximate surface area is 170 Å². The first-order valence-corrected chi connectivity index (χ1v) is 10.1. The minimum atomic E-state index is -0.327. The summed E-state index contributed by atoms with van der Waals surface area (Å²) in [5.74, 6) is -0.351. The maximum atomic E-state index is 13.2. The fourth-order valence-electron chi connectivity index (χ4n) is 4.36. The Kier molecular flexibility index (Phi) is 5.24. The van der Waals surface area contributed by atoms with Gasteiger partial charge >= 0.3 is 0 Å². The van der Waals surface area contributed by atoms with Gasteiger partial charge in [0.25, 0.3) is 5.91 Å². The molecule has 152 valence electrons. The monoisotopic (exact) mass is 394 g/mol. The van der Waals surface area contributed by atoms with Crippen molar-refractivity contribution in [2.24, 2.45) is 0 Å². The predicted octanol–water partition coefficient (Wildman–Crippen LogP) is 1.99. The Hall–Kier alpha value is -2.93. The van der Waals surface area contributed by atoms with Gasteiger partial charge < -0.3 is 14.7 Å². The Bertz CT molecular complexity index is 966. The number of nitrogens with one attached hydrogen (secondary N) is 1. The van der Waals surface area contributed by atoms with Gasteiger partial charge in [0.2, 0.25) is 12.3 Å². The highest BCUT2D eigenvalue weighted by atomic mass is 16.2. The third-order valence-electron chi connectivity index (χ3n) is 6.00. The van der Waals surface area contributed by atoms with Gasteiger partial charge in [-0.25, -0.2) is 0 Å². The smallest absolute Gasteiger partial charge is 0.259 e. The fraction of sp³-hybridized carbons (Fsp3) is 0.409. The SMILES string of the molecule is CC(CCC(=O)NC=O)N1C(=O)c2ccc(N3CCN(C)CC3)c3cccc1c23. The molecule has 2 aromatic rings. The maximum absolute atomic E-state index is 13.2. The lowest BCUT2D eigenvalue weighted by Gasteiger charge is -2.34. The highest BCUT2D eigenvalue weighted by Crippen LogP contribution is 2.42. The Morgan fingerprint density at radius 2 is 1.90 bits per heavy atom. The van der Waals surface area contributed by atoms with Gasteiger partial charge in [-0.2, -0.15) is 0 Å². The Morgan fingerprint density at radius 1 is 1.14 bits per heavy atom. The summed E-state index contributed by atoms with van der Waals surface area (Å²) < 4.78 is 0. The number of likely N-dealkylation sites (N-methyl/N-ethyl adjacent to an activating group) is 1. The number of benzene rings is 2. The van der Waals surface area contributed by atoms with Crippen LogP contribution in [0.5, 0.6) is 0 Å². The zero-order valence-corrected chi connectivity index (χ0v) is 16.9. The van der Waals surface area contributed by atoms with Gasteiger partial charge in [0, 0.05) is 60.7 Å². The van der Waals surface area contributed by atoms with Crippen LogP contribution in [-0.2, 0) is 9.59 Å².